The van der Waals surface area contributed by atoms with Gasteiger partial charge in [-0.1, -0.05) is 17.7 Å². The Morgan fingerprint density at radius 1 is 1.32 bits per heavy atom. The molecule has 0 heterocycles. The van der Waals surface area contributed by atoms with Gasteiger partial charge in [0.15, 0.2) is 0 Å². The van der Waals surface area contributed by atoms with E-state index in [4.69, 9.17) is 17.3 Å². The second-order valence-corrected chi connectivity index (χ2v) is 4.53. The quantitative estimate of drug-likeness (QED) is 0.824. The van der Waals surface area contributed by atoms with Crippen molar-refractivity contribution >= 4 is 28.9 Å². The van der Waals surface area contributed by atoms with E-state index in [0.717, 1.165) is 0 Å². The molecule has 2 aromatic carbocycles. The molecule has 0 spiro atoms. The Morgan fingerprint density at radius 3 is 2.68 bits per heavy atom. The van der Waals surface area contributed by atoms with Gasteiger partial charge in [-0.2, -0.15) is 0 Å². The molecular weight excluding hydrogens is 267 g/mol. The van der Waals surface area contributed by atoms with Crippen LogP contribution in [0.25, 0.3) is 0 Å². The standard InChI is InChI=1S/C14H12ClFN2O/c1-8-7-9(17)5-6-10(8)14(19)18-13-11(15)3-2-4-12(13)16/h2-7H,17H2,1H3,(H,18,19). The highest BCUT2D eigenvalue weighted by Gasteiger charge is 2.14. The van der Waals surface area contributed by atoms with Gasteiger partial charge in [-0.05, 0) is 42.8 Å². The summed E-state index contributed by atoms with van der Waals surface area (Å²) in [4.78, 5) is 12.1. The van der Waals surface area contributed by atoms with E-state index in [-0.39, 0.29) is 10.7 Å². The topological polar surface area (TPSA) is 55.1 Å². The van der Waals surface area contributed by atoms with Crippen LogP contribution in [0.15, 0.2) is 36.4 Å². The Bertz CT molecular complexity index is 623. The zero-order valence-corrected chi connectivity index (χ0v) is 11.0. The first-order chi connectivity index (χ1) is 8.99. The number of amides is 1. The number of para-hydroxylation sites is 1. The SMILES string of the molecule is Cc1cc(N)ccc1C(=O)Nc1c(F)cccc1Cl. The maximum atomic E-state index is 13.6. The molecule has 0 saturated heterocycles. The van der Waals surface area contributed by atoms with Gasteiger partial charge in [0.05, 0.1) is 10.7 Å². The average Bonchev–Trinajstić information content (AvgIpc) is 2.33. The Kier molecular flexibility index (Phi) is 3.71. The van der Waals surface area contributed by atoms with Gasteiger partial charge in [0.1, 0.15) is 5.82 Å². The summed E-state index contributed by atoms with van der Waals surface area (Å²) in [5.74, 6) is -1.00. The Balaban J connectivity index is 2.31. The predicted octanol–water partition coefficient (Wildman–Crippen LogP) is 3.62. The highest BCUT2D eigenvalue weighted by atomic mass is 35.5. The maximum Gasteiger partial charge on any atom is 0.256 e. The molecule has 0 aliphatic carbocycles. The third-order valence-corrected chi connectivity index (χ3v) is 3.01. The molecule has 5 heteroatoms. The number of nitrogen functional groups attached to an aromatic ring is 1. The first-order valence-electron chi connectivity index (χ1n) is 5.60. The molecule has 0 radical (unpaired) electrons. The first-order valence-corrected chi connectivity index (χ1v) is 5.98. The lowest BCUT2D eigenvalue weighted by Crippen LogP contribution is -2.14. The Morgan fingerprint density at radius 2 is 2.05 bits per heavy atom. The summed E-state index contributed by atoms with van der Waals surface area (Å²) < 4.78 is 13.6. The summed E-state index contributed by atoms with van der Waals surface area (Å²) in [6, 6.07) is 9.10. The minimum absolute atomic E-state index is 0.0228. The Labute approximate surface area is 115 Å². The van der Waals surface area contributed by atoms with Gasteiger partial charge in [-0.15, -0.1) is 0 Å². The number of hydrogen-bond donors (Lipinski definition) is 2. The molecule has 19 heavy (non-hydrogen) atoms. The minimum Gasteiger partial charge on any atom is -0.399 e. The van der Waals surface area contributed by atoms with Crippen molar-refractivity contribution in [1.29, 1.82) is 0 Å². The second kappa shape index (κ2) is 5.28. The second-order valence-electron chi connectivity index (χ2n) is 4.13. The van der Waals surface area contributed by atoms with Crippen LogP contribution >= 0.6 is 11.6 Å². The average molecular weight is 279 g/mol. The van der Waals surface area contributed by atoms with E-state index in [9.17, 15) is 9.18 Å². The number of nitrogens with two attached hydrogens (primary N) is 1. The molecule has 0 saturated carbocycles. The summed E-state index contributed by atoms with van der Waals surface area (Å²) >= 11 is 5.85. The van der Waals surface area contributed by atoms with Gasteiger partial charge in [-0.25, -0.2) is 4.39 Å². The molecule has 98 valence electrons. The van der Waals surface area contributed by atoms with Crippen molar-refractivity contribution in [3.8, 4) is 0 Å². The molecule has 3 nitrogen and oxygen atoms in total. The lowest BCUT2D eigenvalue weighted by atomic mass is 10.1. The zero-order chi connectivity index (χ0) is 14.0. The lowest BCUT2D eigenvalue weighted by molar-refractivity contribution is 0.102. The first kappa shape index (κ1) is 13.4. The van der Waals surface area contributed by atoms with E-state index in [2.05, 4.69) is 5.32 Å². The molecule has 2 aromatic rings. The van der Waals surface area contributed by atoms with Crippen molar-refractivity contribution in [2.75, 3.05) is 11.1 Å². The number of anilines is 2. The highest BCUT2D eigenvalue weighted by molar-refractivity contribution is 6.34. The van der Waals surface area contributed by atoms with Gasteiger partial charge in [0.2, 0.25) is 0 Å². The van der Waals surface area contributed by atoms with Crippen molar-refractivity contribution in [2.24, 2.45) is 0 Å². The molecule has 0 unspecified atom stereocenters. The number of rotatable bonds is 2. The van der Waals surface area contributed by atoms with Crippen LogP contribution in [0.3, 0.4) is 0 Å². The number of halogens is 2. The van der Waals surface area contributed by atoms with Gasteiger partial charge in [0, 0.05) is 11.3 Å². The van der Waals surface area contributed by atoms with Crippen molar-refractivity contribution in [2.45, 2.75) is 6.92 Å². The molecule has 0 atom stereocenters. The monoisotopic (exact) mass is 278 g/mol. The van der Waals surface area contributed by atoms with Gasteiger partial charge >= 0.3 is 0 Å². The largest absolute Gasteiger partial charge is 0.399 e. The normalized spacial score (nSPS) is 10.3. The fourth-order valence-electron chi connectivity index (χ4n) is 1.74. The predicted molar refractivity (Wildman–Crippen MR) is 75.0 cm³/mol. The molecule has 1 amide bonds. The number of aryl methyl sites for hydroxylation is 1. The van der Waals surface area contributed by atoms with Crippen molar-refractivity contribution < 1.29 is 9.18 Å². The number of nitrogens with one attached hydrogen (secondary N) is 1. The fraction of sp³-hybridized carbons (Fsp3) is 0.0714. The lowest BCUT2D eigenvalue weighted by Gasteiger charge is -2.10. The van der Waals surface area contributed by atoms with Crippen molar-refractivity contribution in [1.82, 2.24) is 0 Å². The van der Waals surface area contributed by atoms with Crippen LogP contribution in [0, 0.1) is 12.7 Å². The van der Waals surface area contributed by atoms with E-state index >= 15 is 0 Å². The number of hydrogen-bond acceptors (Lipinski definition) is 2. The van der Waals surface area contributed by atoms with Crippen molar-refractivity contribution in [3.63, 3.8) is 0 Å². The van der Waals surface area contributed by atoms with Crippen LogP contribution in [-0.2, 0) is 0 Å². The van der Waals surface area contributed by atoms with Crippen LogP contribution in [-0.4, -0.2) is 5.91 Å². The third-order valence-electron chi connectivity index (χ3n) is 2.70. The molecular formula is C14H12ClFN2O. The Hall–Kier alpha value is -2.07. The van der Waals surface area contributed by atoms with E-state index in [1.807, 2.05) is 0 Å². The van der Waals surface area contributed by atoms with Crippen LogP contribution < -0.4 is 11.1 Å². The molecule has 0 aromatic heterocycles. The molecule has 3 N–H and O–H groups in total. The van der Waals surface area contributed by atoms with Crippen LogP contribution in [0.1, 0.15) is 15.9 Å². The molecule has 0 aliphatic rings. The van der Waals surface area contributed by atoms with E-state index in [0.29, 0.717) is 16.8 Å². The van der Waals surface area contributed by atoms with Gasteiger partial charge in [0.25, 0.3) is 5.91 Å². The fourth-order valence-corrected chi connectivity index (χ4v) is 1.95. The van der Waals surface area contributed by atoms with E-state index in [1.54, 1.807) is 25.1 Å². The molecule has 0 bridgehead atoms. The minimum atomic E-state index is -0.575. The number of carbonyl (C=O) groups excluding carboxylic acids is 1. The highest BCUT2D eigenvalue weighted by Crippen LogP contribution is 2.25. The summed E-state index contributed by atoms with van der Waals surface area (Å²) in [6.45, 7) is 1.76. The third kappa shape index (κ3) is 2.85. The van der Waals surface area contributed by atoms with Crippen LogP contribution in [0.5, 0.6) is 0 Å². The number of carbonyl (C=O) groups is 1. The summed E-state index contributed by atoms with van der Waals surface area (Å²) in [5, 5.41) is 2.62. The number of benzene rings is 2. The van der Waals surface area contributed by atoms with Crippen molar-refractivity contribution in [3.05, 3.63) is 58.4 Å². The van der Waals surface area contributed by atoms with Gasteiger partial charge < -0.3 is 11.1 Å². The van der Waals surface area contributed by atoms with Crippen LogP contribution in [0.2, 0.25) is 5.02 Å². The molecule has 0 fully saturated rings. The molecule has 2 rings (SSSR count). The van der Waals surface area contributed by atoms with E-state index in [1.165, 1.54) is 18.2 Å². The smallest absolute Gasteiger partial charge is 0.256 e. The van der Waals surface area contributed by atoms with Crippen LogP contribution in [0.4, 0.5) is 15.8 Å². The zero-order valence-electron chi connectivity index (χ0n) is 10.2. The van der Waals surface area contributed by atoms with E-state index < -0.39 is 11.7 Å². The summed E-state index contributed by atoms with van der Waals surface area (Å²) in [5.41, 5.74) is 7.30. The van der Waals surface area contributed by atoms with Gasteiger partial charge in [-0.3, -0.25) is 4.79 Å². The summed E-state index contributed by atoms with van der Waals surface area (Å²) in [6.07, 6.45) is 0. The summed E-state index contributed by atoms with van der Waals surface area (Å²) in [7, 11) is 0. The molecule has 0 aliphatic heterocycles. The maximum absolute atomic E-state index is 13.6.